The van der Waals surface area contributed by atoms with Gasteiger partial charge in [-0.15, -0.1) is 11.3 Å². The van der Waals surface area contributed by atoms with E-state index in [1.165, 1.54) is 4.88 Å². The second-order valence-electron chi connectivity index (χ2n) is 4.69. The molecule has 0 spiro atoms. The zero-order valence-corrected chi connectivity index (χ0v) is 12.3. The summed E-state index contributed by atoms with van der Waals surface area (Å²) in [5.41, 5.74) is 4.12. The highest BCUT2D eigenvalue weighted by atomic mass is 32.1. The first-order chi connectivity index (χ1) is 9.84. The number of rotatable bonds is 4. The molecule has 1 saturated heterocycles. The highest BCUT2D eigenvalue weighted by Crippen LogP contribution is 2.25. The summed E-state index contributed by atoms with van der Waals surface area (Å²) in [6.07, 6.45) is 1.83. The number of hydrogen-bond acceptors (Lipinski definition) is 6. The minimum Gasteiger partial charge on any atom is -0.378 e. The molecule has 3 heterocycles. The number of anilines is 2. The molecular weight excluding hydrogens is 272 g/mol. The van der Waals surface area contributed by atoms with Crippen molar-refractivity contribution in [2.75, 3.05) is 36.5 Å². The van der Waals surface area contributed by atoms with E-state index in [2.05, 4.69) is 26.3 Å². The van der Waals surface area contributed by atoms with Gasteiger partial charge in [0.05, 0.1) is 36.7 Å². The van der Waals surface area contributed by atoms with E-state index in [0.29, 0.717) is 0 Å². The first-order valence-corrected chi connectivity index (χ1v) is 7.63. The first kappa shape index (κ1) is 13.3. The zero-order chi connectivity index (χ0) is 13.8. The lowest BCUT2D eigenvalue weighted by Gasteiger charge is -2.30. The van der Waals surface area contributed by atoms with Gasteiger partial charge in [0.15, 0.2) is 0 Å². The molecule has 20 heavy (non-hydrogen) atoms. The smallest absolute Gasteiger partial charge is 0.149 e. The van der Waals surface area contributed by atoms with E-state index in [9.17, 15) is 0 Å². The average Bonchev–Trinajstić information content (AvgIpc) is 2.92. The molecule has 1 fully saturated rings. The molecule has 0 unspecified atom stereocenters. The number of aryl methyl sites for hydroxylation is 1. The van der Waals surface area contributed by atoms with Crippen molar-refractivity contribution in [2.24, 2.45) is 0 Å². The third-order valence-corrected chi connectivity index (χ3v) is 4.33. The van der Waals surface area contributed by atoms with Gasteiger partial charge in [-0.05, 0) is 19.1 Å². The van der Waals surface area contributed by atoms with Crippen molar-refractivity contribution in [3.63, 3.8) is 0 Å². The maximum atomic E-state index is 5.41. The normalized spacial score (nSPS) is 15.3. The zero-order valence-electron chi connectivity index (χ0n) is 11.5. The fourth-order valence-electron chi connectivity index (χ4n) is 2.25. The average molecular weight is 290 g/mol. The SMILES string of the molecule is Cc1ncsc1CNc1ncccc1N1CCOCC1. The summed E-state index contributed by atoms with van der Waals surface area (Å²) >= 11 is 1.68. The molecule has 5 nitrogen and oxygen atoms in total. The molecular formula is C14H18N4OS. The van der Waals surface area contributed by atoms with Crippen molar-refractivity contribution in [2.45, 2.75) is 13.5 Å². The van der Waals surface area contributed by atoms with Gasteiger partial charge in [-0.3, -0.25) is 0 Å². The number of aromatic nitrogens is 2. The van der Waals surface area contributed by atoms with Crippen molar-refractivity contribution < 1.29 is 4.74 Å². The molecule has 1 aliphatic heterocycles. The molecule has 2 aromatic rings. The number of pyridine rings is 1. The standard InChI is InChI=1S/C14H18N4OS/c1-11-13(20-10-17-11)9-16-14-12(3-2-4-15-14)18-5-7-19-8-6-18/h2-4,10H,5-9H2,1H3,(H,15,16). The molecule has 6 heteroatoms. The van der Waals surface area contributed by atoms with E-state index >= 15 is 0 Å². The van der Waals surface area contributed by atoms with E-state index < -0.39 is 0 Å². The highest BCUT2D eigenvalue weighted by Gasteiger charge is 2.15. The fraction of sp³-hybridized carbons (Fsp3) is 0.429. The molecule has 1 aliphatic rings. The van der Waals surface area contributed by atoms with Crippen LogP contribution in [0.1, 0.15) is 10.6 Å². The van der Waals surface area contributed by atoms with Crippen molar-refractivity contribution >= 4 is 22.8 Å². The third kappa shape index (κ3) is 2.91. The van der Waals surface area contributed by atoms with Gasteiger partial charge in [-0.25, -0.2) is 9.97 Å². The summed E-state index contributed by atoms with van der Waals surface area (Å²) < 4.78 is 5.41. The van der Waals surface area contributed by atoms with Gasteiger partial charge >= 0.3 is 0 Å². The molecule has 3 rings (SSSR count). The van der Waals surface area contributed by atoms with Crippen LogP contribution in [0.4, 0.5) is 11.5 Å². The Bertz CT molecular complexity index is 566. The maximum absolute atomic E-state index is 5.41. The van der Waals surface area contributed by atoms with Gasteiger partial charge < -0.3 is 15.0 Å². The van der Waals surface area contributed by atoms with Crippen LogP contribution in [0.2, 0.25) is 0 Å². The van der Waals surface area contributed by atoms with Crippen molar-refractivity contribution in [1.82, 2.24) is 9.97 Å². The number of hydrogen-bond donors (Lipinski definition) is 1. The highest BCUT2D eigenvalue weighted by molar-refractivity contribution is 7.09. The Hall–Kier alpha value is -1.66. The van der Waals surface area contributed by atoms with Crippen LogP contribution in [-0.2, 0) is 11.3 Å². The minimum atomic E-state index is 0.769. The molecule has 0 saturated carbocycles. The fourth-order valence-corrected chi connectivity index (χ4v) is 2.97. The molecule has 0 aliphatic carbocycles. The Balaban J connectivity index is 1.74. The Morgan fingerprint density at radius 3 is 2.95 bits per heavy atom. The van der Waals surface area contributed by atoms with Crippen molar-refractivity contribution in [1.29, 1.82) is 0 Å². The van der Waals surface area contributed by atoms with Crippen LogP contribution in [0, 0.1) is 6.92 Å². The lowest BCUT2D eigenvalue weighted by molar-refractivity contribution is 0.122. The van der Waals surface area contributed by atoms with Crippen LogP contribution in [-0.4, -0.2) is 36.3 Å². The van der Waals surface area contributed by atoms with Gasteiger partial charge in [-0.2, -0.15) is 0 Å². The molecule has 0 aromatic carbocycles. The van der Waals surface area contributed by atoms with E-state index in [0.717, 1.165) is 50.0 Å². The molecule has 0 radical (unpaired) electrons. The lowest BCUT2D eigenvalue weighted by atomic mass is 10.3. The number of nitrogens with one attached hydrogen (secondary N) is 1. The van der Waals surface area contributed by atoms with Gasteiger partial charge in [0.25, 0.3) is 0 Å². The van der Waals surface area contributed by atoms with E-state index in [1.54, 1.807) is 11.3 Å². The van der Waals surface area contributed by atoms with E-state index in [-0.39, 0.29) is 0 Å². The van der Waals surface area contributed by atoms with E-state index in [4.69, 9.17) is 4.74 Å². The van der Waals surface area contributed by atoms with E-state index in [1.807, 2.05) is 24.7 Å². The summed E-state index contributed by atoms with van der Waals surface area (Å²) in [5, 5.41) is 3.43. The largest absolute Gasteiger partial charge is 0.378 e. The number of morpholine rings is 1. The van der Waals surface area contributed by atoms with Gasteiger partial charge in [-0.1, -0.05) is 0 Å². The molecule has 2 aromatic heterocycles. The Kier molecular flexibility index (Phi) is 4.13. The number of ether oxygens (including phenoxy) is 1. The predicted octanol–water partition coefficient (Wildman–Crippen LogP) is 2.30. The third-order valence-electron chi connectivity index (χ3n) is 3.40. The van der Waals surface area contributed by atoms with Gasteiger partial charge in [0.1, 0.15) is 5.82 Å². The van der Waals surface area contributed by atoms with Crippen LogP contribution in [0.15, 0.2) is 23.8 Å². The molecule has 0 bridgehead atoms. The Morgan fingerprint density at radius 1 is 1.35 bits per heavy atom. The summed E-state index contributed by atoms with van der Waals surface area (Å²) in [6.45, 7) is 6.20. The van der Waals surface area contributed by atoms with Crippen molar-refractivity contribution in [3.8, 4) is 0 Å². The summed E-state index contributed by atoms with van der Waals surface area (Å²) in [5.74, 6) is 0.933. The Morgan fingerprint density at radius 2 is 2.20 bits per heavy atom. The number of nitrogens with zero attached hydrogens (tertiary/aromatic N) is 3. The van der Waals surface area contributed by atoms with Crippen LogP contribution in [0.3, 0.4) is 0 Å². The molecule has 0 amide bonds. The number of thiazole rings is 1. The van der Waals surface area contributed by atoms with Crippen LogP contribution in [0.25, 0.3) is 0 Å². The molecule has 106 valence electrons. The topological polar surface area (TPSA) is 50.3 Å². The predicted molar refractivity (Wildman–Crippen MR) is 81.4 cm³/mol. The van der Waals surface area contributed by atoms with Gasteiger partial charge in [0, 0.05) is 24.2 Å². The van der Waals surface area contributed by atoms with Crippen LogP contribution in [0.5, 0.6) is 0 Å². The summed E-state index contributed by atoms with van der Waals surface area (Å²) in [4.78, 5) is 12.3. The second-order valence-corrected chi connectivity index (χ2v) is 5.62. The molecule has 1 N–H and O–H groups in total. The second kappa shape index (κ2) is 6.19. The monoisotopic (exact) mass is 290 g/mol. The van der Waals surface area contributed by atoms with Crippen molar-refractivity contribution in [3.05, 3.63) is 34.4 Å². The Labute approximate surface area is 122 Å². The molecule has 0 atom stereocenters. The summed E-state index contributed by atoms with van der Waals surface area (Å²) in [7, 11) is 0. The van der Waals surface area contributed by atoms with Crippen LogP contribution >= 0.6 is 11.3 Å². The maximum Gasteiger partial charge on any atom is 0.149 e. The quantitative estimate of drug-likeness (QED) is 0.936. The van der Waals surface area contributed by atoms with Gasteiger partial charge in [0.2, 0.25) is 0 Å². The summed E-state index contributed by atoms with van der Waals surface area (Å²) in [6, 6.07) is 4.09. The van der Waals surface area contributed by atoms with Crippen LogP contribution < -0.4 is 10.2 Å². The first-order valence-electron chi connectivity index (χ1n) is 6.75. The minimum absolute atomic E-state index is 0.769. The lowest BCUT2D eigenvalue weighted by Crippen LogP contribution is -2.36.